The molecule has 0 aromatic heterocycles. The Kier molecular flexibility index (Phi) is 2.20. The van der Waals surface area contributed by atoms with Crippen molar-refractivity contribution in [1.29, 1.82) is 0 Å². The quantitative estimate of drug-likeness (QED) is 0.436. The molecule has 0 aromatic rings. The van der Waals surface area contributed by atoms with Gasteiger partial charge in [-0.1, -0.05) is 0 Å². The molecule has 0 bridgehead atoms. The zero-order valence-corrected chi connectivity index (χ0v) is 6.85. The smallest absolute Gasteiger partial charge is 0.305 e. The first-order valence-electron chi connectivity index (χ1n) is 3.50. The highest BCUT2D eigenvalue weighted by Gasteiger charge is 2.37. The molecular weight excluding hydrogens is 176 g/mol. The lowest BCUT2D eigenvalue weighted by molar-refractivity contribution is -0.191. The van der Waals surface area contributed by atoms with Crippen LogP contribution in [0.5, 0.6) is 0 Å². The van der Waals surface area contributed by atoms with Crippen molar-refractivity contribution in [2.24, 2.45) is 0 Å². The van der Waals surface area contributed by atoms with Crippen LogP contribution < -0.4 is 0 Å². The molecule has 0 saturated carbocycles. The third-order valence-corrected chi connectivity index (χ3v) is 1.41. The van der Waals surface area contributed by atoms with E-state index in [0.717, 1.165) is 25.2 Å². The van der Waals surface area contributed by atoms with Crippen molar-refractivity contribution in [3.8, 4) is 0 Å². The highest BCUT2D eigenvalue weighted by Crippen LogP contribution is 2.18. The molecular formula is C8H8O5. The number of aliphatic hydroxyl groups is 2. The van der Waals surface area contributed by atoms with Gasteiger partial charge in [-0.3, -0.25) is 9.59 Å². The van der Waals surface area contributed by atoms with Crippen molar-refractivity contribution >= 4 is 11.8 Å². The van der Waals surface area contributed by atoms with E-state index in [4.69, 9.17) is 5.11 Å². The molecule has 0 spiro atoms. The fraction of sp³-hybridized carbons (Fsp3) is 0.250. The number of allylic oxidation sites excluding steroid dienone is 1. The van der Waals surface area contributed by atoms with Crippen LogP contribution in [0, 0.1) is 0 Å². The molecule has 1 rings (SSSR count). The Balaban J connectivity index is 2.89. The van der Waals surface area contributed by atoms with Gasteiger partial charge in [0.1, 0.15) is 5.76 Å². The SMILES string of the molecule is CC(=O)OC1(O)C=CC(O)=CC1=O. The largest absolute Gasteiger partial charge is 0.508 e. The summed E-state index contributed by atoms with van der Waals surface area (Å²) < 4.78 is 4.36. The molecule has 5 heteroatoms. The molecule has 0 saturated heterocycles. The van der Waals surface area contributed by atoms with E-state index in [-0.39, 0.29) is 5.76 Å². The fourth-order valence-electron chi connectivity index (χ4n) is 0.870. The third kappa shape index (κ3) is 1.94. The molecule has 0 radical (unpaired) electrons. The summed E-state index contributed by atoms with van der Waals surface area (Å²) in [6.45, 7) is 1.07. The summed E-state index contributed by atoms with van der Waals surface area (Å²) in [5.74, 6) is -4.22. The first-order valence-corrected chi connectivity index (χ1v) is 3.50. The summed E-state index contributed by atoms with van der Waals surface area (Å²) in [7, 11) is 0. The molecule has 0 fully saturated rings. The van der Waals surface area contributed by atoms with Gasteiger partial charge < -0.3 is 14.9 Å². The van der Waals surface area contributed by atoms with Crippen molar-refractivity contribution in [3.63, 3.8) is 0 Å². The lowest BCUT2D eigenvalue weighted by atomic mass is 10.1. The van der Waals surface area contributed by atoms with Gasteiger partial charge in [0, 0.05) is 13.0 Å². The number of esters is 1. The Bertz CT molecular complexity index is 314. The monoisotopic (exact) mass is 184 g/mol. The highest BCUT2D eigenvalue weighted by atomic mass is 16.7. The molecule has 1 atom stereocenters. The summed E-state index contributed by atoms with van der Waals surface area (Å²) in [6.07, 6.45) is 2.76. The summed E-state index contributed by atoms with van der Waals surface area (Å²) in [5.41, 5.74) is 0. The summed E-state index contributed by atoms with van der Waals surface area (Å²) in [6, 6.07) is 0. The first kappa shape index (κ1) is 9.47. The van der Waals surface area contributed by atoms with Gasteiger partial charge in [0.2, 0.25) is 5.78 Å². The van der Waals surface area contributed by atoms with Gasteiger partial charge in [-0.25, -0.2) is 0 Å². The maximum absolute atomic E-state index is 11.0. The van der Waals surface area contributed by atoms with E-state index in [1.165, 1.54) is 0 Å². The maximum atomic E-state index is 11.0. The zero-order chi connectivity index (χ0) is 10.1. The van der Waals surface area contributed by atoms with Crippen LogP contribution in [0.4, 0.5) is 0 Å². The Morgan fingerprint density at radius 2 is 2.23 bits per heavy atom. The Morgan fingerprint density at radius 1 is 1.62 bits per heavy atom. The van der Waals surface area contributed by atoms with Crippen molar-refractivity contribution in [1.82, 2.24) is 0 Å². The second kappa shape index (κ2) is 3.02. The summed E-state index contributed by atoms with van der Waals surface area (Å²) in [4.78, 5) is 21.5. The molecule has 0 aliphatic heterocycles. The van der Waals surface area contributed by atoms with Gasteiger partial charge in [-0.15, -0.1) is 0 Å². The molecule has 70 valence electrons. The lowest BCUT2D eigenvalue weighted by Gasteiger charge is -2.22. The Hall–Kier alpha value is -1.62. The van der Waals surface area contributed by atoms with Gasteiger partial charge in [0.25, 0.3) is 5.79 Å². The standard InChI is InChI=1S/C8H8O5/c1-5(9)13-8(12)3-2-6(10)4-7(8)11/h2-4,10,12H,1H3. The number of ketones is 1. The number of hydrogen-bond acceptors (Lipinski definition) is 5. The lowest BCUT2D eigenvalue weighted by Crippen LogP contribution is -2.41. The van der Waals surface area contributed by atoms with E-state index in [1.54, 1.807) is 0 Å². The average molecular weight is 184 g/mol. The minimum absolute atomic E-state index is 0.290. The van der Waals surface area contributed by atoms with Gasteiger partial charge >= 0.3 is 5.97 Å². The minimum atomic E-state index is -2.27. The molecule has 0 aromatic carbocycles. The topological polar surface area (TPSA) is 83.8 Å². The second-order valence-electron chi connectivity index (χ2n) is 2.56. The van der Waals surface area contributed by atoms with E-state index in [2.05, 4.69) is 4.74 Å². The number of hydrogen-bond donors (Lipinski definition) is 2. The Morgan fingerprint density at radius 3 is 2.69 bits per heavy atom. The number of ether oxygens (including phenoxy) is 1. The normalized spacial score (nSPS) is 26.9. The van der Waals surface area contributed by atoms with Gasteiger partial charge in [0.15, 0.2) is 0 Å². The van der Waals surface area contributed by atoms with Crippen molar-refractivity contribution in [3.05, 3.63) is 24.0 Å². The fourth-order valence-corrected chi connectivity index (χ4v) is 0.870. The van der Waals surface area contributed by atoms with Crippen LogP contribution in [0.1, 0.15) is 6.92 Å². The van der Waals surface area contributed by atoms with E-state index in [1.807, 2.05) is 0 Å². The first-order chi connectivity index (χ1) is 5.94. The van der Waals surface area contributed by atoms with Crippen LogP contribution in [0.25, 0.3) is 0 Å². The molecule has 13 heavy (non-hydrogen) atoms. The molecule has 0 amide bonds. The molecule has 2 N–H and O–H groups in total. The maximum Gasteiger partial charge on any atom is 0.305 e. The van der Waals surface area contributed by atoms with E-state index in [0.29, 0.717) is 0 Å². The molecule has 1 aliphatic rings. The molecule has 1 aliphatic carbocycles. The van der Waals surface area contributed by atoms with E-state index >= 15 is 0 Å². The van der Waals surface area contributed by atoms with Crippen molar-refractivity contribution < 1.29 is 24.5 Å². The number of carbonyl (C=O) groups excluding carboxylic acids is 2. The van der Waals surface area contributed by atoms with Crippen LogP contribution in [-0.4, -0.2) is 27.8 Å². The van der Waals surface area contributed by atoms with Gasteiger partial charge in [-0.2, -0.15) is 0 Å². The van der Waals surface area contributed by atoms with E-state index in [9.17, 15) is 14.7 Å². The zero-order valence-electron chi connectivity index (χ0n) is 6.85. The van der Waals surface area contributed by atoms with Crippen LogP contribution in [-0.2, 0) is 14.3 Å². The van der Waals surface area contributed by atoms with Crippen LogP contribution in [0.3, 0.4) is 0 Å². The summed E-state index contributed by atoms with van der Waals surface area (Å²) >= 11 is 0. The van der Waals surface area contributed by atoms with Crippen LogP contribution in [0.2, 0.25) is 0 Å². The number of rotatable bonds is 1. The molecule has 5 nitrogen and oxygen atoms in total. The minimum Gasteiger partial charge on any atom is -0.508 e. The van der Waals surface area contributed by atoms with Crippen LogP contribution in [0.15, 0.2) is 24.0 Å². The second-order valence-corrected chi connectivity index (χ2v) is 2.56. The number of aliphatic hydroxyl groups excluding tert-OH is 1. The van der Waals surface area contributed by atoms with E-state index < -0.39 is 17.5 Å². The predicted molar refractivity (Wildman–Crippen MR) is 41.6 cm³/mol. The van der Waals surface area contributed by atoms with Crippen LogP contribution >= 0.6 is 0 Å². The van der Waals surface area contributed by atoms with Gasteiger partial charge in [-0.05, 0) is 12.2 Å². The Labute approximate surface area is 73.9 Å². The molecule has 1 unspecified atom stereocenters. The number of carbonyl (C=O) groups is 2. The summed E-state index contributed by atoms with van der Waals surface area (Å²) in [5, 5.41) is 18.2. The van der Waals surface area contributed by atoms with Gasteiger partial charge in [0.05, 0.1) is 0 Å². The molecule has 0 heterocycles. The average Bonchev–Trinajstić information content (AvgIpc) is 1.97. The highest BCUT2D eigenvalue weighted by molar-refractivity contribution is 6.00. The van der Waals surface area contributed by atoms with Crippen molar-refractivity contribution in [2.75, 3.05) is 0 Å². The third-order valence-electron chi connectivity index (χ3n) is 1.41. The predicted octanol–water partition coefficient (Wildman–Crippen LogP) is -0.181. The van der Waals surface area contributed by atoms with Crippen molar-refractivity contribution in [2.45, 2.75) is 12.7 Å².